The number of ether oxygens (including phenoxy) is 1. The second-order valence-corrected chi connectivity index (χ2v) is 8.12. The minimum atomic E-state index is -0.546. The third-order valence-corrected chi connectivity index (χ3v) is 5.27. The second-order valence-electron chi connectivity index (χ2n) is 7.26. The Labute approximate surface area is 173 Å². The van der Waals surface area contributed by atoms with Crippen molar-refractivity contribution in [3.8, 4) is 0 Å². The predicted molar refractivity (Wildman–Crippen MR) is 111 cm³/mol. The Hall–Kier alpha value is -2.68. The summed E-state index contributed by atoms with van der Waals surface area (Å²) >= 11 is 1.26. The van der Waals surface area contributed by atoms with Crippen molar-refractivity contribution in [3.05, 3.63) is 41.2 Å². The average Bonchev–Trinajstić information content (AvgIpc) is 3.13. The van der Waals surface area contributed by atoms with Gasteiger partial charge in [0.05, 0.1) is 24.4 Å². The first-order valence-electron chi connectivity index (χ1n) is 9.58. The standard InChI is InChI=1S/C20H25FN4O3S/c1-14(2)12-28-20(27)23-19-22-15(13-29-19)11-18(26)25-9-7-24(8-10-25)17-6-4-3-5-16(17)21/h3-6,13-14H,7-12H2,1-2H3,(H,22,23,27). The summed E-state index contributed by atoms with van der Waals surface area (Å²) in [5, 5.41) is 4.74. The Morgan fingerprint density at radius 3 is 2.66 bits per heavy atom. The number of carbonyl (C=O) groups is 2. The quantitative estimate of drug-likeness (QED) is 0.776. The summed E-state index contributed by atoms with van der Waals surface area (Å²) < 4.78 is 19.0. The van der Waals surface area contributed by atoms with Gasteiger partial charge in [-0.3, -0.25) is 10.1 Å². The van der Waals surface area contributed by atoms with Gasteiger partial charge in [-0.1, -0.05) is 26.0 Å². The molecule has 0 saturated carbocycles. The number of hydrogen-bond donors (Lipinski definition) is 1. The first-order chi connectivity index (χ1) is 13.9. The normalized spacial score (nSPS) is 14.2. The molecule has 0 radical (unpaired) electrons. The fourth-order valence-corrected chi connectivity index (χ4v) is 3.68. The maximum atomic E-state index is 13.9. The molecule has 0 unspecified atom stereocenters. The van der Waals surface area contributed by atoms with Crippen LogP contribution in [-0.4, -0.2) is 54.7 Å². The summed E-state index contributed by atoms with van der Waals surface area (Å²) in [6, 6.07) is 6.67. The number of amides is 2. The number of aromatic nitrogens is 1. The molecule has 29 heavy (non-hydrogen) atoms. The van der Waals surface area contributed by atoms with E-state index in [9.17, 15) is 14.0 Å². The number of benzene rings is 1. The number of piperazine rings is 1. The zero-order chi connectivity index (χ0) is 20.8. The Bertz CT molecular complexity index is 850. The lowest BCUT2D eigenvalue weighted by Crippen LogP contribution is -2.49. The van der Waals surface area contributed by atoms with Gasteiger partial charge in [-0.25, -0.2) is 14.2 Å². The molecule has 156 valence electrons. The van der Waals surface area contributed by atoms with Crippen molar-refractivity contribution in [2.75, 3.05) is 43.0 Å². The number of rotatable bonds is 6. The Morgan fingerprint density at radius 1 is 1.24 bits per heavy atom. The topological polar surface area (TPSA) is 74.8 Å². The maximum Gasteiger partial charge on any atom is 0.413 e. The molecule has 1 saturated heterocycles. The Kier molecular flexibility index (Phi) is 7.03. The van der Waals surface area contributed by atoms with E-state index in [1.54, 1.807) is 22.4 Å². The summed E-state index contributed by atoms with van der Waals surface area (Å²) in [6.45, 7) is 6.47. The van der Waals surface area contributed by atoms with Crippen LogP contribution < -0.4 is 10.2 Å². The van der Waals surface area contributed by atoms with Gasteiger partial charge in [-0.05, 0) is 18.1 Å². The molecule has 0 bridgehead atoms. The molecule has 0 spiro atoms. The molecule has 1 aromatic carbocycles. The van der Waals surface area contributed by atoms with Crippen LogP contribution in [-0.2, 0) is 16.0 Å². The number of nitrogens with zero attached hydrogens (tertiary/aromatic N) is 3. The molecule has 1 aromatic heterocycles. The van der Waals surface area contributed by atoms with Crippen molar-refractivity contribution >= 4 is 34.2 Å². The monoisotopic (exact) mass is 420 g/mol. The highest BCUT2D eigenvalue weighted by Crippen LogP contribution is 2.21. The molecule has 2 amide bonds. The van der Waals surface area contributed by atoms with Gasteiger partial charge in [0, 0.05) is 31.6 Å². The Morgan fingerprint density at radius 2 is 1.97 bits per heavy atom. The van der Waals surface area contributed by atoms with Crippen LogP contribution in [0, 0.1) is 11.7 Å². The molecule has 1 aliphatic rings. The van der Waals surface area contributed by atoms with E-state index in [0.29, 0.717) is 49.3 Å². The van der Waals surface area contributed by atoms with Crippen molar-refractivity contribution < 1.29 is 18.7 Å². The zero-order valence-electron chi connectivity index (χ0n) is 16.6. The van der Waals surface area contributed by atoms with Gasteiger partial charge < -0.3 is 14.5 Å². The van der Waals surface area contributed by atoms with Gasteiger partial charge in [-0.2, -0.15) is 0 Å². The minimum Gasteiger partial charge on any atom is -0.449 e. The molecule has 3 rings (SSSR count). The molecule has 0 atom stereocenters. The molecule has 2 aromatic rings. The molecular weight excluding hydrogens is 395 g/mol. The van der Waals surface area contributed by atoms with Crippen LogP contribution in [0.15, 0.2) is 29.6 Å². The largest absolute Gasteiger partial charge is 0.449 e. The summed E-state index contributed by atoms with van der Waals surface area (Å²) in [5.74, 6) is -0.0248. The van der Waals surface area contributed by atoms with E-state index in [1.807, 2.05) is 24.8 Å². The zero-order valence-corrected chi connectivity index (χ0v) is 17.4. The average molecular weight is 421 g/mol. The van der Waals surface area contributed by atoms with Crippen molar-refractivity contribution in [2.24, 2.45) is 5.92 Å². The lowest BCUT2D eigenvalue weighted by Gasteiger charge is -2.36. The Balaban J connectivity index is 1.47. The van der Waals surface area contributed by atoms with Crippen LogP contribution in [0.5, 0.6) is 0 Å². The van der Waals surface area contributed by atoms with E-state index in [-0.39, 0.29) is 24.1 Å². The molecule has 0 aliphatic carbocycles. The van der Waals surface area contributed by atoms with Gasteiger partial charge in [0.2, 0.25) is 5.91 Å². The molecule has 1 fully saturated rings. The van der Waals surface area contributed by atoms with Gasteiger partial charge in [0.1, 0.15) is 5.82 Å². The highest BCUT2D eigenvalue weighted by Gasteiger charge is 2.23. The van der Waals surface area contributed by atoms with Crippen molar-refractivity contribution in [1.29, 1.82) is 0 Å². The molecular formula is C20H25FN4O3S. The van der Waals surface area contributed by atoms with Crippen LogP contribution in [0.25, 0.3) is 0 Å². The van der Waals surface area contributed by atoms with Crippen molar-refractivity contribution in [3.63, 3.8) is 0 Å². The first kappa shape index (κ1) is 21.0. The number of hydrogen-bond acceptors (Lipinski definition) is 6. The number of carbonyl (C=O) groups excluding carboxylic acids is 2. The number of anilines is 2. The fourth-order valence-electron chi connectivity index (χ4n) is 2.98. The highest BCUT2D eigenvalue weighted by molar-refractivity contribution is 7.13. The minimum absolute atomic E-state index is 0.0302. The van der Waals surface area contributed by atoms with E-state index in [4.69, 9.17) is 4.74 Å². The lowest BCUT2D eigenvalue weighted by atomic mass is 10.2. The number of halogens is 1. The van der Waals surface area contributed by atoms with Gasteiger partial charge >= 0.3 is 6.09 Å². The predicted octanol–water partition coefficient (Wildman–Crippen LogP) is 3.38. The lowest BCUT2D eigenvalue weighted by molar-refractivity contribution is -0.130. The summed E-state index contributed by atoms with van der Waals surface area (Å²) in [5.41, 5.74) is 1.18. The number of para-hydroxylation sites is 1. The van der Waals surface area contributed by atoms with Gasteiger partial charge in [-0.15, -0.1) is 11.3 Å². The second kappa shape index (κ2) is 9.69. The van der Waals surface area contributed by atoms with E-state index in [2.05, 4.69) is 10.3 Å². The summed E-state index contributed by atoms with van der Waals surface area (Å²) in [6.07, 6.45) is -0.381. The van der Waals surface area contributed by atoms with Crippen LogP contribution in [0.4, 0.5) is 20.0 Å². The van der Waals surface area contributed by atoms with Gasteiger partial charge in [0.15, 0.2) is 5.13 Å². The van der Waals surface area contributed by atoms with Crippen molar-refractivity contribution in [2.45, 2.75) is 20.3 Å². The summed E-state index contributed by atoms with van der Waals surface area (Å²) in [7, 11) is 0. The SMILES string of the molecule is CC(C)COC(=O)Nc1nc(CC(=O)N2CCN(c3ccccc3F)CC2)cs1. The fraction of sp³-hybridized carbons (Fsp3) is 0.450. The van der Waals surface area contributed by atoms with E-state index < -0.39 is 6.09 Å². The molecule has 7 nitrogen and oxygen atoms in total. The summed E-state index contributed by atoms with van der Waals surface area (Å²) in [4.78, 5) is 32.3. The molecule has 1 N–H and O–H groups in total. The highest BCUT2D eigenvalue weighted by atomic mass is 32.1. The third kappa shape index (κ3) is 5.90. The van der Waals surface area contributed by atoms with E-state index in [1.165, 1.54) is 17.4 Å². The molecule has 2 heterocycles. The van der Waals surface area contributed by atoms with Crippen LogP contribution in [0.1, 0.15) is 19.5 Å². The van der Waals surface area contributed by atoms with E-state index >= 15 is 0 Å². The van der Waals surface area contributed by atoms with E-state index in [0.717, 1.165) is 0 Å². The van der Waals surface area contributed by atoms with Crippen LogP contribution in [0.2, 0.25) is 0 Å². The molecule has 9 heteroatoms. The maximum absolute atomic E-state index is 13.9. The molecule has 1 aliphatic heterocycles. The third-order valence-electron chi connectivity index (χ3n) is 4.47. The first-order valence-corrected chi connectivity index (χ1v) is 10.5. The van der Waals surface area contributed by atoms with Crippen LogP contribution >= 0.6 is 11.3 Å². The smallest absolute Gasteiger partial charge is 0.413 e. The van der Waals surface area contributed by atoms with Crippen LogP contribution in [0.3, 0.4) is 0 Å². The van der Waals surface area contributed by atoms with Crippen molar-refractivity contribution in [1.82, 2.24) is 9.88 Å². The van der Waals surface area contributed by atoms with Gasteiger partial charge in [0.25, 0.3) is 0 Å². The number of nitrogens with one attached hydrogen (secondary N) is 1. The number of thiazole rings is 1.